The zero-order valence-corrected chi connectivity index (χ0v) is 9.02. The molecule has 1 rings (SSSR count). The first kappa shape index (κ1) is 14.3. The Labute approximate surface area is 97.6 Å². The van der Waals surface area contributed by atoms with Gasteiger partial charge >= 0.3 is 5.97 Å². The molecule has 3 N–H and O–H groups in total. The van der Waals surface area contributed by atoms with E-state index in [1.165, 1.54) is 24.3 Å². The van der Waals surface area contributed by atoms with E-state index in [0.717, 1.165) is 0 Å². The Bertz CT molecular complexity index is 380. The summed E-state index contributed by atoms with van der Waals surface area (Å²) in [5.41, 5.74) is 6.10. The minimum absolute atomic E-state index is 0. The van der Waals surface area contributed by atoms with Crippen molar-refractivity contribution in [2.75, 3.05) is 0 Å². The molecular formula is C9H11ClN2O4. The second-order valence-corrected chi connectivity index (χ2v) is 3.05. The van der Waals surface area contributed by atoms with Gasteiger partial charge in [0.1, 0.15) is 0 Å². The standard InChI is InChI=1S/C9H10N2O4.ClH/c10-8(5-9(12)13)6-1-3-7(4-2-6)11(14)15;/h1-4,8H,5,10H2,(H,12,13);1H. The normalized spacial score (nSPS) is 11.3. The number of carbonyl (C=O) groups is 1. The molecule has 1 unspecified atom stereocenters. The maximum Gasteiger partial charge on any atom is 0.305 e. The van der Waals surface area contributed by atoms with Gasteiger partial charge in [0.25, 0.3) is 5.69 Å². The quantitative estimate of drug-likeness (QED) is 0.618. The van der Waals surface area contributed by atoms with Gasteiger partial charge < -0.3 is 10.8 Å². The summed E-state index contributed by atoms with van der Waals surface area (Å²) in [5, 5.41) is 18.8. The maximum absolute atomic E-state index is 10.4. The Morgan fingerprint density at radius 3 is 2.31 bits per heavy atom. The van der Waals surface area contributed by atoms with Gasteiger partial charge in [-0.3, -0.25) is 14.9 Å². The predicted molar refractivity (Wildman–Crippen MR) is 59.5 cm³/mol. The molecule has 0 aliphatic rings. The molecule has 0 aromatic heterocycles. The number of nitro benzene ring substituents is 1. The van der Waals surface area contributed by atoms with Gasteiger partial charge in [-0.15, -0.1) is 12.4 Å². The number of benzene rings is 1. The Hall–Kier alpha value is -1.66. The van der Waals surface area contributed by atoms with E-state index in [9.17, 15) is 14.9 Å². The van der Waals surface area contributed by atoms with Crippen LogP contribution in [0.3, 0.4) is 0 Å². The van der Waals surface area contributed by atoms with Gasteiger partial charge in [-0.2, -0.15) is 0 Å². The number of carboxylic acids is 1. The zero-order chi connectivity index (χ0) is 11.4. The molecular weight excluding hydrogens is 236 g/mol. The molecule has 0 radical (unpaired) electrons. The van der Waals surface area contributed by atoms with Crippen LogP contribution < -0.4 is 5.73 Å². The number of nitro groups is 1. The van der Waals surface area contributed by atoms with Gasteiger partial charge in [0.2, 0.25) is 0 Å². The van der Waals surface area contributed by atoms with Crippen molar-refractivity contribution < 1.29 is 14.8 Å². The molecule has 1 aromatic carbocycles. The predicted octanol–water partition coefficient (Wildman–Crippen LogP) is 1.49. The number of halogens is 1. The highest BCUT2D eigenvalue weighted by molar-refractivity contribution is 5.85. The Morgan fingerprint density at radius 2 is 1.94 bits per heavy atom. The number of aliphatic carboxylic acids is 1. The van der Waals surface area contributed by atoms with Gasteiger partial charge in [-0.1, -0.05) is 12.1 Å². The number of hydrogen-bond acceptors (Lipinski definition) is 4. The number of nitrogens with two attached hydrogens (primary N) is 1. The van der Waals surface area contributed by atoms with E-state index < -0.39 is 16.9 Å². The Morgan fingerprint density at radius 1 is 1.44 bits per heavy atom. The summed E-state index contributed by atoms with van der Waals surface area (Å²) < 4.78 is 0. The van der Waals surface area contributed by atoms with Crippen molar-refractivity contribution in [2.45, 2.75) is 12.5 Å². The van der Waals surface area contributed by atoms with Crippen LogP contribution in [-0.4, -0.2) is 16.0 Å². The van der Waals surface area contributed by atoms with Crippen LogP contribution in [-0.2, 0) is 4.79 Å². The third-order valence-corrected chi connectivity index (χ3v) is 1.93. The zero-order valence-electron chi connectivity index (χ0n) is 8.20. The summed E-state index contributed by atoms with van der Waals surface area (Å²) in [6.45, 7) is 0. The maximum atomic E-state index is 10.4. The summed E-state index contributed by atoms with van der Waals surface area (Å²) in [4.78, 5) is 20.2. The van der Waals surface area contributed by atoms with Crippen molar-refractivity contribution in [1.82, 2.24) is 0 Å². The summed E-state index contributed by atoms with van der Waals surface area (Å²) in [6.07, 6.45) is -0.197. The smallest absolute Gasteiger partial charge is 0.305 e. The SMILES string of the molecule is Cl.NC(CC(=O)O)c1ccc([N+](=O)[O-])cc1. The van der Waals surface area contributed by atoms with E-state index in [2.05, 4.69) is 0 Å². The molecule has 0 heterocycles. The van der Waals surface area contributed by atoms with Crippen LogP contribution in [0.15, 0.2) is 24.3 Å². The average Bonchev–Trinajstić information content (AvgIpc) is 2.17. The molecule has 0 saturated heterocycles. The second kappa shape index (κ2) is 6.04. The molecule has 7 heteroatoms. The molecule has 0 aliphatic heterocycles. The van der Waals surface area contributed by atoms with Crippen LogP contribution in [0.5, 0.6) is 0 Å². The fourth-order valence-corrected chi connectivity index (χ4v) is 1.15. The van der Waals surface area contributed by atoms with E-state index in [0.29, 0.717) is 5.56 Å². The molecule has 16 heavy (non-hydrogen) atoms. The van der Waals surface area contributed by atoms with Gasteiger partial charge in [-0.05, 0) is 5.56 Å². The minimum Gasteiger partial charge on any atom is -0.481 e. The number of nitrogens with zero attached hydrogens (tertiary/aromatic N) is 1. The minimum atomic E-state index is -0.999. The Kier molecular flexibility index (Phi) is 5.41. The highest BCUT2D eigenvalue weighted by atomic mass is 35.5. The lowest BCUT2D eigenvalue weighted by Gasteiger charge is -2.08. The van der Waals surface area contributed by atoms with Crippen LogP contribution >= 0.6 is 12.4 Å². The molecule has 0 fully saturated rings. The topological polar surface area (TPSA) is 106 Å². The molecule has 1 atom stereocenters. The lowest BCUT2D eigenvalue weighted by atomic mass is 10.0. The molecule has 6 nitrogen and oxygen atoms in total. The van der Waals surface area contributed by atoms with Crippen molar-refractivity contribution in [3.05, 3.63) is 39.9 Å². The van der Waals surface area contributed by atoms with Crippen LogP contribution in [0, 0.1) is 10.1 Å². The number of carboxylic acid groups (broad SMARTS) is 1. The van der Waals surface area contributed by atoms with Gasteiger partial charge in [0.15, 0.2) is 0 Å². The highest BCUT2D eigenvalue weighted by Gasteiger charge is 2.12. The van der Waals surface area contributed by atoms with Crippen molar-refractivity contribution in [2.24, 2.45) is 5.73 Å². The molecule has 0 spiro atoms. The third-order valence-electron chi connectivity index (χ3n) is 1.93. The molecule has 0 aliphatic carbocycles. The first-order chi connectivity index (χ1) is 7.00. The number of non-ortho nitro benzene ring substituents is 1. The lowest BCUT2D eigenvalue weighted by molar-refractivity contribution is -0.384. The first-order valence-corrected chi connectivity index (χ1v) is 4.22. The van der Waals surface area contributed by atoms with E-state index >= 15 is 0 Å². The monoisotopic (exact) mass is 246 g/mol. The van der Waals surface area contributed by atoms with Crippen molar-refractivity contribution >= 4 is 24.1 Å². The summed E-state index contributed by atoms with van der Waals surface area (Å²) >= 11 is 0. The lowest BCUT2D eigenvalue weighted by Crippen LogP contribution is -2.14. The molecule has 0 bridgehead atoms. The summed E-state index contributed by atoms with van der Waals surface area (Å²) in [5.74, 6) is -0.999. The number of rotatable bonds is 4. The number of hydrogen-bond donors (Lipinski definition) is 2. The van der Waals surface area contributed by atoms with Crippen LogP contribution in [0.25, 0.3) is 0 Å². The van der Waals surface area contributed by atoms with Gasteiger partial charge in [0.05, 0.1) is 11.3 Å². The van der Waals surface area contributed by atoms with Crippen molar-refractivity contribution in [3.63, 3.8) is 0 Å². The van der Waals surface area contributed by atoms with E-state index in [-0.39, 0.29) is 24.5 Å². The van der Waals surface area contributed by atoms with Crippen molar-refractivity contribution in [3.8, 4) is 0 Å². The fraction of sp³-hybridized carbons (Fsp3) is 0.222. The van der Waals surface area contributed by atoms with Crippen LogP contribution in [0.1, 0.15) is 18.0 Å². The first-order valence-electron chi connectivity index (χ1n) is 4.22. The summed E-state index contributed by atoms with van der Waals surface area (Å²) in [6, 6.07) is 4.90. The van der Waals surface area contributed by atoms with E-state index in [1.807, 2.05) is 0 Å². The average molecular weight is 247 g/mol. The second-order valence-electron chi connectivity index (χ2n) is 3.05. The van der Waals surface area contributed by atoms with Crippen LogP contribution in [0.2, 0.25) is 0 Å². The molecule has 0 saturated carbocycles. The highest BCUT2D eigenvalue weighted by Crippen LogP contribution is 2.18. The third kappa shape index (κ3) is 3.84. The van der Waals surface area contributed by atoms with Gasteiger partial charge in [-0.25, -0.2) is 0 Å². The molecule has 0 amide bonds. The molecule has 1 aromatic rings. The van der Waals surface area contributed by atoms with E-state index in [1.54, 1.807) is 0 Å². The molecule has 88 valence electrons. The van der Waals surface area contributed by atoms with E-state index in [4.69, 9.17) is 10.8 Å². The largest absolute Gasteiger partial charge is 0.481 e. The van der Waals surface area contributed by atoms with Gasteiger partial charge in [0, 0.05) is 18.2 Å². The van der Waals surface area contributed by atoms with Crippen LogP contribution in [0.4, 0.5) is 5.69 Å². The van der Waals surface area contributed by atoms with Crippen molar-refractivity contribution in [1.29, 1.82) is 0 Å². The summed E-state index contributed by atoms with van der Waals surface area (Å²) in [7, 11) is 0. The Balaban J connectivity index is 0.00000225. The fourth-order valence-electron chi connectivity index (χ4n) is 1.15.